The van der Waals surface area contributed by atoms with Gasteiger partial charge < -0.3 is 0 Å². The molecule has 0 atom stereocenters. The van der Waals surface area contributed by atoms with Crippen molar-refractivity contribution in [3.63, 3.8) is 0 Å². The SMILES string of the molecule is NNC(=O)c1ccccc1CCc1ccncc1. The number of pyridine rings is 1. The van der Waals surface area contributed by atoms with Crippen LogP contribution in [0.2, 0.25) is 0 Å². The Bertz CT molecular complexity index is 526. The molecule has 4 heteroatoms. The summed E-state index contributed by atoms with van der Waals surface area (Å²) in [6.07, 6.45) is 5.21. The molecule has 0 aliphatic heterocycles. The molecule has 3 N–H and O–H groups in total. The Morgan fingerprint density at radius 1 is 1.11 bits per heavy atom. The van der Waals surface area contributed by atoms with Crippen LogP contribution in [-0.4, -0.2) is 10.9 Å². The molecule has 2 rings (SSSR count). The average Bonchev–Trinajstić information content (AvgIpc) is 2.45. The van der Waals surface area contributed by atoms with Gasteiger partial charge in [0.2, 0.25) is 0 Å². The molecule has 0 fully saturated rings. The van der Waals surface area contributed by atoms with Gasteiger partial charge in [0.1, 0.15) is 0 Å². The first-order chi connectivity index (χ1) is 8.81. The van der Waals surface area contributed by atoms with Crippen LogP contribution in [0.5, 0.6) is 0 Å². The Morgan fingerprint density at radius 2 is 1.83 bits per heavy atom. The van der Waals surface area contributed by atoms with Crippen molar-refractivity contribution in [2.75, 3.05) is 0 Å². The van der Waals surface area contributed by atoms with Gasteiger partial charge in [-0.15, -0.1) is 0 Å². The summed E-state index contributed by atoms with van der Waals surface area (Å²) in [5.74, 6) is 4.92. The molecule has 1 heterocycles. The Labute approximate surface area is 106 Å². The van der Waals surface area contributed by atoms with E-state index in [0.717, 1.165) is 18.4 Å². The largest absolute Gasteiger partial charge is 0.290 e. The molecule has 0 unspecified atom stereocenters. The van der Waals surface area contributed by atoms with Crippen molar-refractivity contribution in [1.82, 2.24) is 10.4 Å². The second-order valence-electron chi connectivity index (χ2n) is 3.99. The fraction of sp³-hybridized carbons (Fsp3) is 0.143. The summed E-state index contributed by atoms with van der Waals surface area (Å²) >= 11 is 0. The predicted octanol–water partition coefficient (Wildman–Crippen LogP) is 1.47. The molecule has 4 nitrogen and oxygen atoms in total. The van der Waals surface area contributed by atoms with Crippen molar-refractivity contribution in [3.05, 3.63) is 65.5 Å². The first kappa shape index (κ1) is 12.3. The fourth-order valence-electron chi connectivity index (χ4n) is 1.87. The van der Waals surface area contributed by atoms with Crippen LogP contribution in [0.4, 0.5) is 0 Å². The minimum Gasteiger partial charge on any atom is -0.290 e. The number of benzene rings is 1. The third kappa shape index (κ3) is 2.93. The molecular formula is C14H15N3O. The number of rotatable bonds is 4. The minimum atomic E-state index is -0.250. The van der Waals surface area contributed by atoms with Crippen molar-refractivity contribution in [1.29, 1.82) is 0 Å². The number of nitrogen functional groups attached to an aromatic ring is 1. The predicted molar refractivity (Wildman–Crippen MR) is 69.7 cm³/mol. The van der Waals surface area contributed by atoms with Gasteiger partial charge in [-0.25, -0.2) is 5.84 Å². The van der Waals surface area contributed by atoms with Crippen LogP contribution in [0.3, 0.4) is 0 Å². The maximum atomic E-state index is 11.6. The van der Waals surface area contributed by atoms with E-state index in [0.29, 0.717) is 5.56 Å². The van der Waals surface area contributed by atoms with Gasteiger partial charge in [-0.3, -0.25) is 15.2 Å². The van der Waals surface area contributed by atoms with Gasteiger partial charge in [0, 0.05) is 18.0 Å². The second kappa shape index (κ2) is 5.93. The summed E-state index contributed by atoms with van der Waals surface area (Å²) in [7, 11) is 0. The van der Waals surface area contributed by atoms with Gasteiger partial charge >= 0.3 is 0 Å². The quantitative estimate of drug-likeness (QED) is 0.484. The number of hydrogen-bond donors (Lipinski definition) is 2. The van der Waals surface area contributed by atoms with Gasteiger partial charge in [0.15, 0.2) is 0 Å². The van der Waals surface area contributed by atoms with E-state index in [2.05, 4.69) is 10.4 Å². The number of nitrogens with zero attached hydrogens (tertiary/aromatic N) is 1. The van der Waals surface area contributed by atoms with E-state index in [4.69, 9.17) is 5.84 Å². The lowest BCUT2D eigenvalue weighted by atomic mass is 10.00. The summed E-state index contributed by atoms with van der Waals surface area (Å²) in [6, 6.07) is 11.4. The molecule has 1 amide bonds. The van der Waals surface area contributed by atoms with E-state index >= 15 is 0 Å². The number of hydrogen-bond acceptors (Lipinski definition) is 3. The van der Waals surface area contributed by atoms with Crippen LogP contribution in [0, 0.1) is 0 Å². The molecule has 18 heavy (non-hydrogen) atoms. The molecule has 1 aromatic heterocycles. The number of nitrogens with one attached hydrogen (secondary N) is 1. The van der Waals surface area contributed by atoms with E-state index in [1.165, 1.54) is 5.56 Å². The van der Waals surface area contributed by atoms with Crippen molar-refractivity contribution in [2.45, 2.75) is 12.8 Å². The van der Waals surface area contributed by atoms with E-state index < -0.39 is 0 Å². The summed E-state index contributed by atoms with van der Waals surface area (Å²) < 4.78 is 0. The van der Waals surface area contributed by atoms with Crippen molar-refractivity contribution >= 4 is 5.91 Å². The highest BCUT2D eigenvalue weighted by Gasteiger charge is 2.08. The van der Waals surface area contributed by atoms with Gasteiger partial charge in [-0.05, 0) is 42.2 Å². The molecule has 0 radical (unpaired) electrons. The number of hydrazine groups is 1. The molecule has 0 saturated carbocycles. The van der Waals surface area contributed by atoms with Gasteiger partial charge in [-0.2, -0.15) is 0 Å². The Hall–Kier alpha value is -2.20. The van der Waals surface area contributed by atoms with Crippen LogP contribution < -0.4 is 11.3 Å². The Kier molecular flexibility index (Phi) is 4.04. The third-order valence-electron chi connectivity index (χ3n) is 2.83. The molecule has 0 aliphatic rings. The van der Waals surface area contributed by atoms with E-state index in [1.54, 1.807) is 18.5 Å². The highest BCUT2D eigenvalue weighted by Crippen LogP contribution is 2.12. The Balaban J connectivity index is 2.12. The summed E-state index contributed by atoms with van der Waals surface area (Å²) in [4.78, 5) is 15.6. The van der Waals surface area contributed by atoms with Gasteiger partial charge in [-0.1, -0.05) is 18.2 Å². The average molecular weight is 241 g/mol. The summed E-state index contributed by atoms with van der Waals surface area (Å²) in [5, 5.41) is 0. The van der Waals surface area contributed by atoms with Gasteiger partial charge in [0.25, 0.3) is 5.91 Å². The second-order valence-corrected chi connectivity index (χ2v) is 3.99. The normalized spacial score (nSPS) is 10.1. The summed E-state index contributed by atoms with van der Waals surface area (Å²) in [5.41, 5.74) is 5.00. The number of aromatic nitrogens is 1. The molecular weight excluding hydrogens is 226 g/mol. The van der Waals surface area contributed by atoms with Crippen LogP contribution in [0.1, 0.15) is 21.5 Å². The van der Waals surface area contributed by atoms with Crippen LogP contribution >= 0.6 is 0 Å². The number of carbonyl (C=O) groups excluding carboxylic acids is 1. The number of carbonyl (C=O) groups is 1. The smallest absolute Gasteiger partial charge is 0.265 e. The molecule has 2 aromatic rings. The van der Waals surface area contributed by atoms with E-state index in [9.17, 15) is 4.79 Å². The maximum absolute atomic E-state index is 11.6. The lowest BCUT2D eigenvalue weighted by molar-refractivity contribution is 0.0952. The molecule has 92 valence electrons. The molecule has 0 saturated heterocycles. The minimum absolute atomic E-state index is 0.250. The van der Waals surface area contributed by atoms with Crippen LogP contribution in [0.15, 0.2) is 48.8 Å². The molecule has 1 aromatic carbocycles. The zero-order valence-corrected chi connectivity index (χ0v) is 9.97. The zero-order valence-electron chi connectivity index (χ0n) is 9.97. The van der Waals surface area contributed by atoms with E-state index in [1.807, 2.05) is 30.3 Å². The zero-order chi connectivity index (χ0) is 12.8. The van der Waals surface area contributed by atoms with Crippen LogP contribution in [0.25, 0.3) is 0 Å². The maximum Gasteiger partial charge on any atom is 0.265 e. The first-order valence-electron chi connectivity index (χ1n) is 5.79. The van der Waals surface area contributed by atoms with Crippen molar-refractivity contribution in [2.24, 2.45) is 5.84 Å². The van der Waals surface area contributed by atoms with Gasteiger partial charge in [0.05, 0.1) is 0 Å². The highest BCUT2D eigenvalue weighted by molar-refractivity contribution is 5.95. The fourth-order valence-corrected chi connectivity index (χ4v) is 1.87. The number of aryl methyl sites for hydroxylation is 2. The summed E-state index contributed by atoms with van der Waals surface area (Å²) in [6.45, 7) is 0. The van der Waals surface area contributed by atoms with Crippen molar-refractivity contribution in [3.8, 4) is 0 Å². The standard InChI is InChI=1S/C14H15N3O/c15-17-14(18)13-4-2-1-3-12(13)6-5-11-7-9-16-10-8-11/h1-4,7-10H,5-6,15H2,(H,17,18). The van der Waals surface area contributed by atoms with Crippen molar-refractivity contribution < 1.29 is 4.79 Å². The van der Waals surface area contributed by atoms with Crippen LogP contribution in [-0.2, 0) is 12.8 Å². The van der Waals surface area contributed by atoms with E-state index in [-0.39, 0.29) is 5.91 Å². The molecule has 0 aliphatic carbocycles. The molecule has 0 spiro atoms. The number of nitrogens with two attached hydrogens (primary N) is 1. The Morgan fingerprint density at radius 3 is 2.56 bits per heavy atom. The number of amides is 1. The monoisotopic (exact) mass is 241 g/mol. The lowest BCUT2D eigenvalue weighted by Crippen LogP contribution is -2.30. The lowest BCUT2D eigenvalue weighted by Gasteiger charge is -2.07. The topological polar surface area (TPSA) is 68.0 Å². The molecule has 0 bridgehead atoms. The highest BCUT2D eigenvalue weighted by atomic mass is 16.2. The third-order valence-corrected chi connectivity index (χ3v) is 2.83. The first-order valence-corrected chi connectivity index (χ1v) is 5.79.